The van der Waals surface area contributed by atoms with Gasteiger partial charge in [0.2, 0.25) is 0 Å². The highest BCUT2D eigenvalue weighted by Crippen LogP contribution is 2.22. The number of amides is 1. The lowest BCUT2D eigenvalue weighted by Gasteiger charge is -2.17. The van der Waals surface area contributed by atoms with Crippen LogP contribution in [0.5, 0.6) is 5.75 Å². The number of nitrogens with one attached hydrogen (secondary N) is 1. The van der Waals surface area contributed by atoms with Crippen molar-refractivity contribution in [2.75, 3.05) is 43.1 Å². The standard InChI is InChI=1S/C24H28N2O5/c27-23(25-19-7-9-20(10-8-19)26-13-1-2-14-26)17-31-24(28)18-5-11-21(12-6-18)30-16-22-4-3-15-29-22/h5-12,22H,1-4,13-17H2,(H,25,27)/t22-/m1/s1. The molecule has 2 aliphatic heterocycles. The predicted molar refractivity (Wildman–Crippen MR) is 118 cm³/mol. The molecule has 2 aromatic carbocycles. The topological polar surface area (TPSA) is 77.1 Å². The van der Waals surface area contributed by atoms with Gasteiger partial charge in [0, 0.05) is 31.1 Å². The smallest absolute Gasteiger partial charge is 0.338 e. The van der Waals surface area contributed by atoms with Gasteiger partial charge in [0.05, 0.1) is 11.7 Å². The first kappa shape index (κ1) is 21.2. The average molecular weight is 424 g/mol. The summed E-state index contributed by atoms with van der Waals surface area (Å²) in [6.07, 6.45) is 4.65. The summed E-state index contributed by atoms with van der Waals surface area (Å²) in [4.78, 5) is 26.7. The minimum atomic E-state index is -0.551. The Kier molecular flexibility index (Phi) is 7.04. The summed E-state index contributed by atoms with van der Waals surface area (Å²) < 4.78 is 16.3. The molecule has 7 heteroatoms. The zero-order chi connectivity index (χ0) is 21.5. The SMILES string of the molecule is O=C(COC(=O)c1ccc(OC[C@H]2CCCO2)cc1)Nc1ccc(N2CCCC2)cc1. The molecule has 0 radical (unpaired) electrons. The fraction of sp³-hybridized carbons (Fsp3) is 0.417. The van der Waals surface area contributed by atoms with Gasteiger partial charge >= 0.3 is 5.97 Å². The van der Waals surface area contributed by atoms with Gasteiger partial charge in [-0.1, -0.05) is 0 Å². The summed E-state index contributed by atoms with van der Waals surface area (Å²) in [6.45, 7) is 3.09. The highest BCUT2D eigenvalue weighted by molar-refractivity contribution is 5.95. The Morgan fingerprint density at radius 3 is 2.42 bits per heavy atom. The van der Waals surface area contributed by atoms with E-state index >= 15 is 0 Å². The molecule has 0 aromatic heterocycles. The van der Waals surface area contributed by atoms with Crippen LogP contribution in [0.25, 0.3) is 0 Å². The molecule has 1 N–H and O–H groups in total. The summed E-state index contributed by atoms with van der Waals surface area (Å²) in [5.41, 5.74) is 2.20. The Balaban J connectivity index is 1.20. The summed E-state index contributed by atoms with van der Waals surface area (Å²) >= 11 is 0. The Morgan fingerprint density at radius 2 is 1.74 bits per heavy atom. The Bertz CT molecular complexity index is 870. The normalized spacial score (nSPS) is 18.1. The van der Waals surface area contributed by atoms with Crippen molar-refractivity contribution in [3.05, 3.63) is 54.1 Å². The van der Waals surface area contributed by atoms with Crippen molar-refractivity contribution in [2.24, 2.45) is 0 Å². The van der Waals surface area contributed by atoms with Crippen LogP contribution in [0.4, 0.5) is 11.4 Å². The molecule has 2 heterocycles. The molecule has 4 rings (SSSR count). The van der Waals surface area contributed by atoms with Gasteiger partial charge < -0.3 is 24.4 Å². The largest absolute Gasteiger partial charge is 0.491 e. The van der Waals surface area contributed by atoms with Crippen LogP contribution < -0.4 is 15.0 Å². The van der Waals surface area contributed by atoms with E-state index in [0.717, 1.165) is 38.2 Å². The maximum absolute atomic E-state index is 12.2. The fourth-order valence-electron chi connectivity index (χ4n) is 3.79. The van der Waals surface area contributed by atoms with E-state index in [1.165, 1.54) is 12.8 Å². The number of carbonyl (C=O) groups is 2. The summed E-state index contributed by atoms with van der Waals surface area (Å²) in [5.74, 6) is -0.258. The zero-order valence-corrected chi connectivity index (χ0v) is 17.5. The average Bonchev–Trinajstić information content (AvgIpc) is 3.51. The number of hydrogen-bond donors (Lipinski definition) is 1. The Labute approximate surface area is 182 Å². The molecule has 2 aliphatic rings. The first-order chi connectivity index (χ1) is 15.2. The van der Waals surface area contributed by atoms with E-state index in [1.54, 1.807) is 24.3 Å². The predicted octanol–water partition coefficient (Wildman–Crippen LogP) is 3.64. The third kappa shape index (κ3) is 5.98. The van der Waals surface area contributed by atoms with E-state index in [0.29, 0.717) is 23.6 Å². The zero-order valence-electron chi connectivity index (χ0n) is 17.5. The van der Waals surface area contributed by atoms with Crippen molar-refractivity contribution in [3.8, 4) is 5.75 Å². The molecule has 0 spiro atoms. The fourth-order valence-corrected chi connectivity index (χ4v) is 3.79. The second-order valence-corrected chi connectivity index (χ2v) is 7.84. The molecule has 1 atom stereocenters. The molecular formula is C24H28N2O5. The van der Waals surface area contributed by atoms with Gasteiger partial charge in [0.25, 0.3) is 5.91 Å². The van der Waals surface area contributed by atoms with Crippen LogP contribution in [-0.4, -0.2) is 50.9 Å². The van der Waals surface area contributed by atoms with E-state index < -0.39 is 5.97 Å². The second-order valence-electron chi connectivity index (χ2n) is 7.84. The minimum Gasteiger partial charge on any atom is -0.491 e. The highest BCUT2D eigenvalue weighted by atomic mass is 16.5. The first-order valence-electron chi connectivity index (χ1n) is 10.8. The van der Waals surface area contributed by atoms with Crippen molar-refractivity contribution in [2.45, 2.75) is 31.8 Å². The number of esters is 1. The first-order valence-corrected chi connectivity index (χ1v) is 10.8. The van der Waals surface area contributed by atoms with E-state index in [4.69, 9.17) is 14.2 Å². The number of anilines is 2. The molecule has 7 nitrogen and oxygen atoms in total. The van der Waals surface area contributed by atoms with Crippen LogP contribution in [-0.2, 0) is 14.3 Å². The van der Waals surface area contributed by atoms with E-state index in [1.807, 2.05) is 24.3 Å². The quantitative estimate of drug-likeness (QED) is 0.652. The van der Waals surface area contributed by atoms with Crippen molar-refractivity contribution >= 4 is 23.3 Å². The molecule has 2 aromatic rings. The third-order valence-corrected chi connectivity index (χ3v) is 5.51. The summed E-state index contributed by atoms with van der Waals surface area (Å²) in [6, 6.07) is 14.4. The van der Waals surface area contributed by atoms with Gasteiger partial charge in [0.1, 0.15) is 12.4 Å². The van der Waals surface area contributed by atoms with Gasteiger partial charge in [-0.25, -0.2) is 4.79 Å². The van der Waals surface area contributed by atoms with Crippen LogP contribution >= 0.6 is 0 Å². The minimum absolute atomic E-state index is 0.138. The van der Waals surface area contributed by atoms with Crippen LogP contribution in [0.1, 0.15) is 36.0 Å². The maximum atomic E-state index is 12.2. The van der Waals surface area contributed by atoms with Gasteiger partial charge in [-0.05, 0) is 74.2 Å². The second kappa shape index (κ2) is 10.3. The Hall–Kier alpha value is -3.06. The van der Waals surface area contributed by atoms with E-state index in [2.05, 4.69) is 10.2 Å². The van der Waals surface area contributed by atoms with Gasteiger partial charge in [-0.15, -0.1) is 0 Å². The lowest BCUT2D eigenvalue weighted by Crippen LogP contribution is -2.21. The number of carbonyl (C=O) groups excluding carboxylic acids is 2. The lowest BCUT2D eigenvalue weighted by atomic mass is 10.2. The molecule has 0 aliphatic carbocycles. The Morgan fingerprint density at radius 1 is 1.00 bits per heavy atom. The summed E-state index contributed by atoms with van der Waals surface area (Å²) in [5, 5.41) is 2.75. The van der Waals surface area contributed by atoms with Crippen LogP contribution in [0.3, 0.4) is 0 Å². The van der Waals surface area contributed by atoms with Crippen molar-refractivity contribution < 1.29 is 23.8 Å². The van der Waals surface area contributed by atoms with Crippen molar-refractivity contribution in [1.29, 1.82) is 0 Å². The molecule has 164 valence electrons. The third-order valence-electron chi connectivity index (χ3n) is 5.51. The molecular weight excluding hydrogens is 396 g/mol. The van der Waals surface area contributed by atoms with Gasteiger partial charge in [-0.3, -0.25) is 4.79 Å². The number of nitrogens with zero attached hydrogens (tertiary/aromatic N) is 1. The number of benzene rings is 2. The monoisotopic (exact) mass is 424 g/mol. The summed E-state index contributed by atoms with van der Waals surface area (Å²) in [7, 11) is 0. The molecule has 2 fully saturated rings. The lowest BCUT2D eigenvalue weighted by molar-refractivity contribution is -0.119. The van der Waals surface area contributed by atoms with Crippen LogP contribution in [0.15, 0.2) is 48.5 Å². The molecule has 0 unspecified atom stereocenters. The number of rotatable bonds is 8. The van der Waals surface area contributed by atoms with Crippen molar-refractivity contribution in [3.63, 3.8) is 0 Å². The number of hydrogen-bond acceptors (Lipinski definition) is 6. The van der Waals surface area contributed by atoms with E-state index in [9.17, 15) is 9.59 Å². The van der Waals surface area contributed by atoms with Gasteiger partial charge in [0.15, 0.2) is 6.61 Å². The van der Waals surface area contributed by atoms with E-state index in [-0.39, 0.29) is 18.6 Å². The van der Waals surface area contributed by atoms with Crippen molar-refractivity contribution in [1.82, 2.24) is 0 Å². The molecule has 0 bridgehead atoms. The van der Waals surface area contributed by atoms with Crippen LogP contribution in [0.2, 0.25) is 0 Å². The molecule has 0 saturated carbocycles. The molecule has 2 saturated heterocycles. The molecule has 31 heavy (non-hydrogen) atoms. The number of ether oxygens (including phenoxy) is 3. The maximum Gasteiger partial charge on any atom is 0.338 e. The van der Waals surface area contributed by atoms with Gasteiger partial charge in [-0.2, -0.15) is 0 Å². The molecule has 1 amide bonds. The highest BCUT2D eigenvalue weighted by Gasteiger charge is 2.16. The van der Waals surface area contributed by atoms with Crippen LogP contribution in [0, 0.1) is 0 Å².